The Morgan fingerprint density at radius 1 is 0.933 bits per heavy atom. The summed E-state index contributed by atoms with van der Waals surface area (Å²) in [6.45, 7) is 4.25. The molecular weight excluding hydrogens is 370 g/mol. The topological polar surface area (TPSA) is 37.3 Å². The SMILES string of the molecule is Cc1ccc(NC(=O)N2CCc3c(c4ccccc4n3Cc3ccccc3)C2)cc1. The number of hydrogen-bond acceptors (Lipinski definition) is 1. The Morgan fingerprint density at radius 3 is 2.47 bits per heavy atom. The van der Waals surface area contributed by atoms with Gasteiger partial charge in [0.05, 0.1) is 0 Å². The predicted octanol–water partition coefficient (Wildman–Crippen LogP) is 5.59. The summed E-state index contributed by atoms with van der Waals surface area (Å²) in [5.74, 6) is 0. The number of carbonyl (C=O) groups excluding carboxylic acids is 1. The third-order valence-corrected chi connectivity index (χ3v) is 5.94. The van der Waals surface area contributed by atoms with Crippen molar-refractivity contribution in [2.45, 2.75) is 26.4 Å². The van der Waals surface area contributed by atoms with Crippen LogP contribution in [0.5, 0.6) is 0 Å². The summed E-state index contributed by atoms with van der Waals surface area (Å²) in [7, 11) is 0. The van der Waals surface area contributed by atoms with Gasteiger partial charge in [-0.15, -0.1) is 0 Å². The molecule has 1 aliphatic rings. The Labute approximate surface area is 176 Å². The van der Waals surface area contributed by atoms with Crippen molar-refractivity contribution >= 4 is 22.6 Å². The van der Waals surface area contributed by atoms with E-state index in [1.165, 1.54) is 33.3 Å². The number of benzene rings is 3. The van der Waals surface area contributed by atoms with Crippen LogP contribution in [0, 0.1) is 6.92 Å². The second kappa shape index (κ2) is 7.71. The van der Waals surface area contributed by atoms with Gasteiger partial charge >= 0.3 is 6.03 Å². The molecule has 1 N–H and O–H groups in total. The number of aromatic nitrogens is 1. The number of nitrogens with zero attached hydrogens (tertiary/aromatic N) is 2. The summed E-state index contributed by atoms with van der Waals surface area (Å²) in [6, 6.07) is 27.0. The smallest absolute Gasteiger partial charge is 0.322 e. The number of amides is 2. The monoisotopic (exact) mass is 395 g/mol. The van der Waals surface area contributed by atoms with Crippen LogP contribution >= 0.6 is 0 Å². The molecule has 150 valence electrons. The molecule has 2 amide bonds. The highest BCUT2D eigenvalue weighted by Crippen LogP contribution is 2.32. The zero-order chi connectivity index (χ0) is 20.5. The minimum absolute atomic E-state index is 0.0376. The largest absolute Gasteiger partial charge is 0.340 e. The van der Waals surface area contributed by atoms with Gasteiger partial charge < -0.3 is 14.8 Å². The number of aryl methyl sites for hydroxylation is 1. The zero-order valence-electron chi connectivity index (χ0n) is 17.1. The molecule has 0 radical (unpaired) electrons. The number of hydrogen-bond donors (Lipinski definition) is 1. The van der Waals surface area contributed by atoms with Crippen LogP contribution in [0.4, 0.5) is 10.5 Å². The molecule has 0 saturated carbocycles. The molecule has 0 bridgehead atoms. The quantitative estimate of drug-likeness (QED) is 0.482. The first-order chi connectivity index (χ1) is 14.7. The van der Waals surface area contributed by atoms with Crippen LogP contribution < -0.4 is 5.32 Å². The van der Waals surface area contributed by atoms with Crippen molar-refractivity contribution < 1.29 is 4.79 Å². The van der Waals surface area contributed by atoms with E-state index >= 15 is 0 Å². The van der Waals surface area contributed by atoms with E-state index in [1.54, 1.807) is 0 Å². The molecule has 30 heavy (non-hydrogen) atoms. The van der Waals surface area contributed by atoms with Gasteiger partial charge in [0.1, 0.15) is 0 Å². The fourth-order valence-corrected chi connectivity index (χ4v) is 4.36. The standard InChI is InChI=1S/C26H25N3O/c1-19-11-13-21(14-12-19)27-26(30)28-16-15-25-23(18-28)22-9-5-6-10-24(22)29(25)17-20-7-3-2-4-8-20/h2-14H,15-18H2,1H3,(H,27,30). The highest BCUT2D eigenvalue weighted by Gasteiger charge is 2.26. The van der Waals surface area contributed by atoms with Crippen molar-refractivity contribution in [1.82, 2.24) is 9.47 Å². The Balaban J connectivity index is 1.44. The first-order valence-corrected chi connectivity index (χ1v) is 10.4. The van der Waals surface area contributed by atoms with E-state index < -0.39 is 0 Å². The number of anilines is 1. The summed E-state index contributed by atoms with van der Waals surface area (Å²) < 4.78 is 2.43. The Kier molecular flexibility index (Phi) is 4.75. The van der Waals surface area contributed by atoms with Gasteiger partial charge in [0, 0.05) is 53.9 Å². The maximum absolute atomic E-state index is 12.9. The van der Waals surface area contributed by atoms with Gasteiger partial charge in [0.25, 0.3) is 0 Å². The van der Waals surface area contributed by atoms with Crippen LogP contribution in [-0.4, -0.2) is 22.0 Å². The molecule has 2 heterocycles. The summed E-state index contributed by atoms with van der Waals surface area (Å²) in [5, 5.41) is 4.29. The van der Waals surface area contributed by atoms with E-state index in [0.29, 0.717) is 6.54 Å². The minimum Gasteiger partial charge on any atom is -0.340 e. The van der Waals surface area contributed by atoms with E-state index in [9.17, 15) is 4.79 Å². The fraction of sp³-hybridized carbons (Fsp3) is 0.192. The van der Waals surface area contributed by atoms with Crippen molar-refractivity contribution in [2.24, 2.45) is 0 Å². The number of urea groups is 1. The normalized spacial score (nSPS) is 13.3. The lowest BCUT2D eigenvalue weighted by Gasteiger charge is -2.28. The van der Waals surface area contributed by atoms with E-state index in [2.05, 4.69) is 64.5 Å². The average Bonchev–Trinajstić information content (AvgIpc) is 3.09. The van der Waals surface area contributed by atoms with Gasteiger partial charge in [0.15, 0.2) is 0 Å². The maximum Gasteiger partial charge on any atom is 0.322 e. The molecule has 1 aliphatic heterocycles. The first-order valence-electron chi connectivity index (χ1n) is 10.4. The molecule has 0 aliphatic carbocycles. The predicted molar refractivity (Wildman–Crippen MR) is 122 cm³/mol. The van der Waals surface area contributed by atoms with Crippen LogP contribution in [0.3, 0.4) is 0 Å². The third-order valence-electron chi connectivity index (χ3n) is 5.94. The van der Waals surface area contributed by atoms with Crippen LogP contribution in [0.2, 0.25) is 0 Å². The van der Waals surface area contributed by atoms with Crippen molar-refractivity contribution in [3.8, 4) is 0 Å². The molecule has 0 atom stereocenters. The van der Waals surface area contributed by atoms with E-state index in [0.717, 1.165) is 25.2 Å². The second-order valence-electron chi connectivity index (χ2n) is 7.98. The second-order valence-corrected chi connectivity index (χ2v) is 7.98. The maximum atomic E-state index is 12.9. The van der Waals surface area contributed by atoms with Crippen molar-refractivity contribution in [3.63, 3.8) is 0 Å². The van der Waals surface area contributed by atoms with Gasteiger partial charge in [0.2, 0.25) is 0 Å². The lowest BCUT2D eigenvalue weighted by molar-refractivity contribution is 0.206. The molecule has 3 aromatic carbocycles. The van der Waals surface area contributed by atoms with E-state index in [1.807, 2.05) is 36.1 Å². The molecule has 0 fully saturated rings. The molecular formula is C26H25N3O. The van der Waals surface area contributed by atoms with Gasteiger partial charge in [-0.1, -0.05) is 66.2 Å². The third kappa shape index (κ3) is 3.45. The number of carbonyl (C=O) groups is 1. The molecule has 0 saturated heterocycles. The van der Waals surface area contributed by atoms with Crippen molar-refractivity contribution in [3.05, 3.63) is 101 Å². The summed E-state index contributed by atoms with van der Waals surface area (Å²) in [6.07, 6.45) is 0.859. The first kappa shape index (κ1) is 18.5. The van der Waals surface area contributed by atoms with Gasteiger partial charge in [-0.25, -0.2) is 4.79 Å². The van der Waals surface area contributed by atoms with Crippen LogP contribution in [-0.2, 0) is 19.5 Å². The van der Waals surface area contributed by atoms with Crippen LogP contribution in [0.1, 0.15) is 22.4 Å². The highest BCUT2D eigenvalue weighted by molar-refractivity contribution is 5.91. The number of para-hydroxylation sites is 1. The summed E-state index contributed by atoms with van der Waals surface area (Å²) in [4.78, 5) is 14.8. The number of rotatable bonds is 3. The Hall–Kier alpha value is -3.53. The zero-order valence-corrected chi connectivity index (χ0v) is 17.1. The molecule has 4 aromatic rings. The lowest BCUT2D eigenvalue weighted by Crippen LogP contribution is -2.39. The highest BCUT2D eigenvalue weighted by atomic mass is 16.2. The minimum atomic E-state index is -0.0376. The van der Waals surface area contributed by atoms with E-state index in [4.69, 9.17) is 0 Å². The molecule has 5 rings (SSSR count). The molecule has 1 aromatic heterocycles. The van der Waals surface area contributed by atoms with Gasteiger partial charge in [-0.2, -0.15) is 0 Å². The number of fused-ring (bicyclic) bond motifs is 3. The van der Waals surface area contributed by atoms with Crippen LogP contribution in [0.15, 0.2) is 78.9 Å². The molecule has 0 spiro atoms. The molecule has 4 nitrogen and oxygen atoms in total. The lowest BCUT2D eigenvalue weighted by atomic mass is 10.0. The fourth-order valence-electron chi connectivity index (χ4n) is 4.36. The Bertz CT molecular complexity index is 1190. The molecule has 0 unspecified atom stereocenters. The summed E-state index contributed by atoms with van der Waals surface area (Å²) >= 11 is 0. The van der Waals surface area contributed by atoms with Crippen molar-refractivity contribution in [1.29, 1.82) is 0 Å². The summed E-state index contributed by atoms with van der Waals surface area (Å²) in [5.41, 5.74) is 7.17. The Morgan fingerprint density at radius 2 is 1.67 bits per heavy atom. The van der Waals surface area contributed by atoms with E-state index in [-0.39, 0.29) is 6.03 Å². The van der Waals surface area contributed by atoms with Gasteiger partial charge in [-0.3, -0.25) is 0 Å². The van der Waals surface area contributed by atoms with Gasteiger partial charge in [-0.05, 0) is 30.7 Å². The van der Waals surface area contributed by atoms with Crippen LogP contribution in [0.25, 0.3) is 10.9 Å². The average molecular weight is 396 g/mol. The molecule has 4 heteroatoms. The van der Waals surface area contributed by atoms with Crippen molar-refractivity contribution in [2.75, 3.05) is 11.9 Å². The number of nitrogens with one attached hydrogen (secondary N) is 1.